The van der Waals surface area contributed by atoms with Crippen molar-refractivity contribution in [2.24, 2.45) is 0 Å². The average molecular weight is 251 g/mol. The lowest BCUT2D eigenvalue weighted by atomic mass is 10.0. The zero-order valence-corrected chi connectivity index (χ0v) is 11.1. The van der Waals surface area contributed by atoms with Gasteiger partial charge in [-0.1, -0.05) is 30.3 Å². The Kier molecular flexibility index (Phi) is 5.36. The van der Waals surface area contributed by atoms with E-state index in [9.17, 15) is 0 Å². The molecule has 94 valence electrons. The van der Waals surface area contributed by atoms with E-state index >= 15 is 0 Å². The molecule has 1 unspecified atom stereocenters. The Bertz CT molecular complexity index is 309. The summed E-state index contributed by atoms with van der Waals surface area (Å²) in [5, 5.41) is 0. The third kappa shape index (κ3) is 4.02. The maximum absolute atomic E-state index is 5.48. The quantitative estimate of drug-likeness (QED) is 0.825. The molecule has 0 amide bonds. The lowest BCUT2D eigenvalue weighted by Crippen LogP contribution is -2.31. The molecule has 17 heavy (non-hydrogen) atoms. The van der Waals surface area contributed by atoms with Crippen LogP contribution in [-0.2, 0) is 4.74 Å². The molecule has 1 heterocycles. The summed E-state index contributed by atoms with van der Waals surface area (Å²) in [6.45, 7) is 5.08. The van der Waals surface area contributed by atoms with Crippen molar-refractivity contribution in [3.05, 3.63) is 35.9 Å². The lowest BCUT2D eigenvalue weighted by molar-refractivity contribution is 0.140. The number of hydrogen-bond donors (Lipinski definition) is 1. The van der Waals surface area contributed by atoms with Gasteiger partial charge in [-0.15, -0.1) is 0 Å². The average Bonchev–Trinajstić information content (AvgIpc) is 2.65. The molecule has 2 rings (SSSR count). The number of benzene rings is 1. The van der Waals surface area contributed by atoms with Crippen molar-refractivity contribution in [3.63, 3.8) is 0 Å². The molecule has 0 saturated carbocycles. The molecular formula is C14H21NOS. The van der Waals surface area contributed by atoms with Gasteiger partial charge >= 0.3 is 0 Å². The van der Waals surface area contributed by atoms with Crippen molar-refractivity contribution in [1.82, 2.24) is 4.90 Å². The van der Waals surface area contributed by atoms with Crippen molar-refractivity contribution in [3.8, 4) is 0 Å². The number of hydrogen-bond acceptors (Lipinski definition) is 3. The van der Waals surface area contributed by atoms with E-state index in [0.717, 1.165) is 45.0 Å². The number of thiol groups is 1. The van der Waals surface area contributed by atoms with Gasteiger partial charge in [-0.05, 0) is 17.7 Å². The highest BCUT2D eigenvalue weighted by Gasteiger charge is 2.16. The highest BCUT2D eigenvalue weighted by atomic mass is 32.1. The molecule has 1 aliphatic heterocycles. The minimum atomic E-state index is 0.526. The fourth-order valence-corrected chi connectivity index (χ4v) is 2.61. The smallest absolute Gasteiger partial charge is 0.0593 e. The van der Waals surface area contributed by atoms with Gasteiger partial charge in [-0.3, -0.25) is 0 Å². The van der Waals surface area contributed by atoms with Gasteiger partial charge in [0.2, 0.25) is 0 Å². The van der Waals surface area contributed by atoms with E-state index in [1.807, 2.05) is 0 Å². The second-order valence-electron chi connectivity index (χ2n) is 4.56. The van der Waals surface area contributed by atoms with Gasteiger partial charge in [0.1, 0.15) is 0 Å². The van der Waals surface area contributed by atoms with E-state index in [2.05, 4.69) is 47.9 Å². The molecule has 0 spiro atoms. The van der Waals surface area contributed by atoms with Crippen LogP contribution in [-0.4, -0.2) is 43.5 Å². The predicted octanol–water partition coefficient (Wildman–Crippen LogP) is 2.42. The van der Waals surface area contributed by atoms with E-state index in [1.165, 1.54) is 5.56 Å². The fourth-order valence-electron chi connectivity index (χ4n) is 2.29. The van der Waals surface area contributed by atoms with Crippen LogP contribution >= 0.6 is 12.6 Å². The highest BCUT2D eigenvalue weighted by molar-refractivity contribution is 7.80. The first-order valence-electron chi connectivity index (χ1n) is 6.36. The minimum Gasteiger partial charge on any atom is -0.380 e. The van der Waals surface area contributed by atoms with Gasteiger partial charge in [0.05, 0.1) is 6.61 Å². The molecule has 2 nitrogen and oxygen atoms in total. The molecule has 1 aromatic rings. The molecule has 1 aromatic carbocycles. The minimum absolute atomic E-state index is 0.526. The first kappa shape index (κ1) is 12.9. The third-order valence-corrected chi connectivity index (χ3v) is 3.73. The highest BCUT2D eigenvalue weighted by Crippen LogP contribution is 2.19. The molecule has 1 atom stereocenters. The Labute approximate surface area is 109 Å². The van der Waals surface area contributed by atoms with E-state index in [0.29, 0.717) is 5.92 Å². The van der Waals surface area contributed by atoms with Gasteiger partial charge < -0.3 is 9.64 Å². The van der Waals surface area contributed by atoms with E-state index in [1.54, 1.807) is 0 Å². The third-order valence-electron chi connectivity index (χ3n) is 3.28. The molecule has 0 bridgehead atoms. The van der Waals surface area contributed by atoms with Gasteiger partial charge in [0.25, 0.3) is 0 Å². The van der Waals surface area contributed by atoms with Crippen LogP contribution in [0.3, 0.4) is 0 Å². The van der Waals surface area contributed by atoms with Crippen LogP contribution < -0.4 is 0 Å². The van der Waals surface area contributed by atoms with E-state index in [-0.39, 0.29) is 0 Å². The zero-order chi connectivity index (χ0) is 11.9. The zero-order valence-electron chi connectivity index (χ0n) is 10.2. The first-order chi connectivity index (χ1) is 8.40. The summed E-state index contributed by atoms with van der Waals surface area (Å²) in [6.07, 6.45) is 1.15. The summed E-state index contributed by atoms with van der Waals surface area (Å²) in [5.41, 5.74) is 1.40. The standard InChI is InChI=1S/C14H21NOS/c17-12-14(13-5-2-1-3-6-13)11-15-7-4-9-16-10-8-15/h1-3,5-6,14,17H,4,7-12H2. The van der Waals surface area contributed by atoms with Crippen molar-refractivity contribution in [2.75, 3.05) is 38.6 Å². The molecular weight excluding hydrogens is 230 g/mol. The van der Waals surface area contributed by atoms with Crippen LogP contribution in [0.5, 0.6) is 0 Å². The summed E-state index contributed by atoms with van der Waals surface area (Å²) in [7, 11) is 0. The molecule has 1 fully saturated rings. The summed E-state index contributed by atoms with van der Waals surface area (Å²) < 4.78 is 5.48. The van der Waals surface area contributed by atoms with E-state index in [4.69, 9.17) is 4.74 Å². The van der Waals surface area contributed by atoms with Crippen molar-refractivity contribution in [2.45, 2.75) is 12.3 Å². The van der Waals surface area contributed by atoms with Crippen LogP contribution in [0.4, 0.5) is 0 Å². The monoisotopic (exact) mass is 251 g/mol. The van der Waals surface area contributed by atoms with Crippen LogP contribution in [0.25, 0.3) is 0 Å². The molecule has 1 saturated heterocycles. The second-order valence-corrected chi connectivity index (χ2v) is 4.92. The van der Waals surface area contributed by atoms with Crippen molar-refractivity contribution in [1.29, 1.82) is 0 Å². The second kappa shape index (κ2) is 7.04. The van der Waals surface area contributed by atoms with Crippen LogP contribution in [0, 0.1) is 0 Å². The van der Waals surface area contributed by atoms with Crippen LogP contribution in [0.2, 0.25) is 0 Å². The molecule has 0 aromatic heterocycles. The Morgan fingerprint density at radius 1 is 1.18 bits per heavy atom. The molecule has 0 radical (unpaired) electrons. The number of nitrogens with zero attached hydrogens (tertiary/aromatic N) is 1. The van der Waals surface area contributed by atoms with Gasteiger partial charge in [-0.25, -0.2) is 0 Å². The Morgan fingerprint density at radius 3 is 2.76 bits per heavy atom. The van der Waals surface area contributed by atoms with Gasteiger partial charge in [-0.2, -0.15) is 12.6 Å². The van der Waals surface area contributed by atoms with E-state index < -0.39 is 0 Å². The molecule has 3 heteroatoms. The number of rotatable bonds is 4. The van der Waals surface area contributed by atoms with Crippen LogP contribution in [0.15, 0.2) is 30.3 Å². The topological polar surface area (TPSA) is 12.5 Å². The van der Waals surface area contributed by atoms with Gasteiger partial charge in [0.15, 0.2) is 0 Å². The predicted molar refractivity (Wildman–Crippen MR) is 74.9 cm³/mol. The SMILES string of the molecule is SCC(CN1CCCOCC1)c1ccccc1. The normalized spacial score (nSPS) is 19.8. The van der Waals surface area contributed by atoms with Crippen molar-refractivity contribution >= 4 is 12.6 Å². The first-order valence-corrected chi connectivity index (χ1v) is 6.99. The Hall–Kier alpha value is -0.510. The largest absolute Gasteiger partial charge is 0.380 e. The molecule has 1 aliphatic rings. The fraction of sp³-hybridized carbons (Fsp3) is 0.571. The molecule has 0 aliphatic carbocycles. The lowest BCUT2D eigenvalue weighted by Gasteiger charge is -2.25. The summed E-state index contributed by atoms with van der Waals surface area (Å²) in [6, 6.07) is 10.7. The summed E-state index contributed by atoms with van der Waals surface area (Å²) in [4.78, 5) is 2.50. The van der Waals surface area contributed by atoms with Crippen LogP contribution in [0.1, 0.15) is 17.9 Å². The summed E-state index contributed by atoms with van der Waals surface area (Å²) in [5.74, 6) is 1.43. The molecule has 0 N–H and O–H groups in total. The number of ether oxygens (including phenoxy) is 1. The van der Waals surface area contributed by atoms with Gasteiger partial charge in [0, 0.05) is 32.2 Å². The summed E-state index contributed by atoms with van der Waals surface area (Å²) >= 11 is 4.50. The van der Waals surface area contributed by atoms with Crippen molar-refractivity contribution < 1.29 is 4.74 Å². The Morgan fingerprint density at radius 2 is 2.00 bits per heavy atom. The Balaban J connectivity index is 1.94. The maximum atomic E-state index is 5.48. The maximum Gasteiger partial charge on any atom is 0.0593 e.